The van der Waals surface area contributed by atoms with Crippen LogP contribution >= 0.6 is 11.6 Å². The van der Waals surface area contributed by atoms with Gasteiger partial charge in [0, 0.05) is 23.9 Å². The van der Waals surface area contributed by atoms with Gasteiger partial charge in [-0.1, -0.05) is 29.8 Å². The first-order chi connectivity index (χ1) is 13.1. The molecule has 0 bridgehead atoms. The third-order valence-corrected chi connectivity index (χ3v) is 4.02. The molecular weight excluding hydrogens is 371 g/mol. The van der Waals surface area contributed by atoms with Gasteiger partial charge in [0.25, 0.3) is 5.91 Å². The zero-order chi connectivity index (χ0) is 19.2. The summed E-state index contributed by atoms with van der Waals surface area (Å²) in [5.74, 6) is 0.225. The number of amides is 1. The smallest absolute Gasteiger partial charge is 0.274 e. The second-order valence-corrected chi connectivity index (χ2v) is 5.94. The Balaban J connectivity index is 1.69. The van der Waals surface area contributed by atoms with E-state index in [1.165, 1.54) is 30.6 Å². The zero-order valence-electron chi connectivity index (χ0n) is 14.4. The molecule has 27 heavy (non-hydrogen) atoms. The molecule has 1 heterocycles. The lowest BCUT2D eigenvalue weighted by atomic mass is 10.2. The first-order valence-corrected chi connectivity index (χ1v) is 8.39. The molecule has 0 spiro atoms. The Hall–Kier alpha value is -3.19. The summed E-state index contributed by atoms with van der Waals surface area (Å²) in [4.78, 5) is 20.4. The van der Waals surface area contributed by atoms with Crippen LogP contribution in [0.3, 0.4) is 0 Å². The van der Waals surface area contributed by atoms with Crippen LogP contribution in [0.15, 0.2) is 54.9 Å². The van der Waals surface area contributed by atoms with E-state index in [1.54, 1.807) is 7.11 Å². The molecule has 1 amide bonds. The first kappa shape index (κ1) is 18.6. The summed E-state index contributed by atoms with van der Waals surface area (Å²) in [6, 6.07) is 13.0. The van der Waals surface area contributed by atoms with Crippen LogP contribution in [0.25, 0.3) is 0 Å². The number of benzene rings is 2. The molecule has 0 saturated carbocycles. The molecule has 2 aromatic carbocycles. The Labute approximate surface area is 160 Å². The van der Waals surface area contributed by atoms with Crippen molar-refractivity contribution in [3.8, 4) is 5.75 Å². The van der Waals surface area contributed by atoms with E-state index >= 15 is 0 Å². The Morgan fingerprint density at radius 1 is 1.19 bits per heavy atom. The summed E-state index contributed by atoms with van der Waals surface area (Å²) in [5, 5.41) is 5.67. The van der Waals surface area contributed by atoms with Gasteiger partial charge in [0.05, 0.1) is 12.1 Å². The topological polar surface area (TPSA) is 76.1 Å². The van der Waals surface area contributed by atoms with Crippen molar-refractivity contribution in [3.63, 3.8) is 0 Å². The highest BCUT2D eigenvalue weighted by molar-refractivity contribution is 6.31. The van der Waals surface area contributed by atoms with Gasteiger partial charge in [0.2, 0.25) is 0 Å². The zero-order valence-corrected chi connectivity index (χ0v) is 15.1. The van der Waals surface area contributed by atoms with E-state index in [1.807, 2.05) is 24.3 Å². The van der Waals surface area contributed by atoms with E-state index < -0.39 is 11.7 Å². The van der Waals surface area contributed by atoms with Crippen LogP contribution in [0.1, 0.15) is 16.1 Å². The highest BCUT2D eigenvalue weighted by Gasteiger charge is 2.11. The van der Waals surface area contributed by atoms with Crippen LogP contribution in [0.5, 0.6) is 5.75 Å². The highest BCUT2D eigenvalue weighted by atomic mass is 35.5. The van der Waals surface area contributed by atoms with Gasteiger partial charge in [-0.25, -0.2) is 14.4 Å². The van der Waals surface area contributed by atoms with E-state index in [0.29, 0.717) is 18.1 Å². The van der Waals surface area contributed by atoms with E-state index in [9.17, 15) is 9.18 Å². The highest BCUT2D eigenvalue weighted by Crippen LogP contribution is 2.21. The summed E-state index contributed by atoms with van der Waals surface area (Å²) in [7, 11) is 1.60. The van der Waals surface area contributed by atoms with Crippen LogP contribution in [-0.4, -0.2) is 23.0 Å². The minimum Gasteiger partial charge on any atom is -0.496 e. The Kier molecular flexibility index (Phi) is 5.83. The summed E-state index contributed by atoms with van der Waals surface area (Å²) < 4.78 is 18.5. The molecule has 6 nitrogen and oxygen atoms in total. The van der Waals surface area contributed by atoms with Crippen molar-refractivity contribution < 1.29 is 13.9 Å². The molecule has 0 aliphatic carbocycles. The summed E-state index contributed by atoms with van der Waals surface area (Å²) in [6.45, 7) is 0.468. The van der Waals surface area contributed by atoms with Crippen LogP contribution in [0.2, 0.25) is 5.02 Å². The number of hydrogen-bond donors (Lipinski definition) is 2. The fourth-order valence-electron chi connectivity index (χ4n) is 2.38. The Morgan fingerprint density at radius 2 is 2.00 bits per heavy atom. The number of methoxy groups -OCH3 is 1. The predicted octanol–water partition coefficient (Wildman–Crippen LogP) is 4.14. The normalized spacial score (nSPS) is 10.3. The van der Waals surface area contributed by atoms with E-state index in [4.69, 9.17) is 16.3 Å². The second-order valence-electron chi connectivity index (χ2n) is 5.54. The molecule has 0 aliphatic heterocycles. The largest absolute Gasteiger partial charge is 0.496 e. The lowest BCUT2D eigenvalue weighted by Gasteiger charge is -2.10. The van der Waals surface area contributed by atoms with Gasteiger partial charge in [0.15, 0.2) is 0 Å². The van der Waals surface area contributed by atoms with Crippen molar-refractivity contribution >= 4 is 29.0 Å². The number of carbonyl (C=O) groups excluding carboxylic acids is 1. The molecule has 1 aromatic heterocycles. The third kappa shape index (κ3) is 4.71. The molecule has 0 radical (unpaired) electrons. The third-order valence-electron chi connectivity index (χ3n) is 3.73. The molecule has 0 aliphatic rings. The van der Waals surface area contributed by atoms with Crippen LogP contribution in [0, 0.1) is 5.82 Å². The minimum atomic E-state index is -0.556. The monoisotopic (exact) mass is 386 g/mol. The Morgan fingerprint density at radius 3 is 2.78 bits per heavy atom. The van der Waals surface area contributed by atoms with Crippen LogP contribution in [0.4, 0.5) is 15.9 Å². The number of carbonyl (C=O) groups is 1. The molecule has 0 saturated heterocycles. The van der Waals surface area contributed by atoms with Crippen molar-refractivity contribution in [3.05, 3.63) is 77.0 Å². The van der Waals surface area contributed by atoms with Gasteiger partial charge in [-0.3, -0.25) is 4.79 Å². The number of ether oxygens (including phenoxy) is 1. The van der Waals surface area contributed by atoms with Crippen LogP contribution in [-0.2, 0) is 6.54 Å². The lowest BCUT2D eigenvalue weighted by molar-refractivity contribution is 0.102. The summed E-state index contributed by atoms with van der Waals surface area (Å²) >= 11 is 5.72. The molecule has 3 aromatic rings. The van der Waals surface area contributed by atoms with Crippen molar-refractivity contribution in [1.82, 2.24) is 9.97 Å². The number of anilines is 2. The molecule has 8 heteroatoms. The van der Waals surface area contributed by atoms with E-state index in [0.717, 1.165) is 11.3 Å². The molecule has 0 fully saturated rings. The number of nitrogens with zero attached hydrogens (tertiary/aromatic N) is 2. The van der Waals surface area contributed by atoms with Crippen LogP contribution < -0.4 is 15.4 Å². The fraction of sp³-hybridized carbons (Fsp3) is 0.105. The second kappa shape index (κ2) is 8.46. The maximum Gasteiger partial charge on any atom is 0.274 e. The quantitative estimate of drug-likeness (QED) is 0.665. The summed E-state index contributed by atoms with van der Waals surface area (Å²) in [6.07, 6.45) is 1.29. The molecular formula is C19H16ClFN4O2. The van der Waals surface area contributed by atoms with Gasteiger partial charge >= 0.3 is 0 Å². The Bertz CT molecular complexity index is 968. The SMILES string of the molecule is COc1ccccc1CNc1cc(C(=O)Nc2ccc(F)c(Cl)c2)ncn1. The van der Waals surface area contributed by atoms with Gasteiger partial charge in [-0.2, -0.15) is 0 Å². The number of aromatic nitrogens is 2. The molecule has 0 unspecified atom stereocenters. The van der Waals surface area contributed by atoms with Gasteiger partial charge in [-0.15, -0.1) is 0 Å². The molecule has 3 rings (SSSR count). The van der Waals surface area contributed by atoms with E-state index in [-0.39, 0.29) is 10.7 Å². The summed E-state index contributed by atoms with van der Waals surface area (Å²) in [5.41, 5.74) is 1.48. The number of rotatable bonds is 6. The van der Waals surface area contributed by atoms with Crippen molar-refractivity contribution in [2.24, 2.45) is 0 Å². The van der Waals surface area contributed by atoms with Gasteiger partial charge in [0.1, 0.15) is 29.4 Å². The van der Waals surface area contributed by atoms with E-state index in [2.05, 4.69) is 20.6 Å². The fourth-order valence-corrected chi connectivity index (χ4v) is 2.56. The molecule has 2 N–H and O–H groups in total. The van der Waals surface area contributed by atoms with Crippen molar-refractivity contribution in [1.29, 1.82) is 0 Å². The molecule has 138 valence electrons. The maximum absolute atomic E-state index is 13.2. The number of halogens is 2. The first-order valence-electron chi connectivity index (χ1n) is 8.01. The van der Waals surface area contributed by atoms with Crippen molar-refractivity contribution in [2.75, 3.05) is 17.7 Å². The average molecular weight is 387 g/mol. The number of hydrogen-bond acceptors (Lipinski definition) is 5. The number of nitrogens with one attached hydrogen (secondary N) is 2. The number of para-hydroxylation sites is 1. The minimum absolute atomic E-state index is 0.0744. The lowest BCUT2D eigenvalue weighted by Crippen LogP contribution is -2.15. The predicted molar refractivity (Wildman–Crippen MR) is 102 cm³/mol. The molecule has 0 atom stereocenters. The maximum atomic E-state index is 13.2. The average Bonchev–Trinajstić information content (AvgIpc) is 2.69. The van der Waals surface area contributed by atoms with Gasteiger partial charge < -0.3 is 15.4 Å². The van der Waals surface area contributed by atoms with Crippen molar-refractivity contribution in [2.45, 2.75) is 6.54 Å². The van der Waals surface area contributed by atoms with Gasteiger partial charge in [-0.05, 0) is 24.3 Å². The standard InChI is InChI=1S/C19H16ClFN4O2/c1-27-17-5-3-2-4-12(17)10-22-18-9-16(23-11-24-18)19(26)25-13-6-7-15(21)14(20)8-13/h2-9,11H,10H2,1H3,(H,25,26)(H,22,23,24).